The summed E-state index contributed by atoms with van der Waals surface area (Å²) in [7, 11) is 0. The normalized spacial score (nSPS) is 11.5. The Balaban J connectivity index is 2.19. The second-order valence-corrected chi connectivity index (χ2v) is 4.95. The van der Waals surface area contributed by atoms with E-state index in [0.717, 1.165) is 17.0 Å². The van der Waals surface area contributed by atoms with Gasteiger partial charge < -0.3 is 10.5 Å². The zero-order chi connectivity index (χ0) is 12.5. The molecule has 4 heteroatoms. The molecule has 0 saturated carbocycles. The van der Waals surface area contributed by atoms with Gasteiger partial charge in [0.05, 0.1) is 5.69 Å². The van der Waals surface area contributed by atoms with Gasteiger partial charge in [0.2, 0.25) is 0 Å². The Labute approximate surface area is 101 Å². The topological polar surface area (TPSA) is 63.9 Å². The van der Waals surface area contributed by atoms with Gasteiger partial charge in [-0.3, -0.25) is 5.10 Å². The van der Waals surface area contributed by atoms with Crippen LogP contribution in [0.15, 0.2) is 30.3 Å². The summed E-state index contributed by atoms with van der Waals surface area (Å²) in [6, 6.07) is 9.65. The number of ether oxygens (including phenoxy) is 1. The Morgan fingerprint density at radius 3 is 2.29 bits per heavy atom. The average molecular weight is 231 g/mol. The monoisotopic (exact) mass is 231 g/mol. The van der Waals surface area contributed by atoms with Gasteiger partial charge in [-0.05, 0) is 50.6 Å². The highest BCUT2D eigenvalue weighted by molar-refractivity contribution is 5.62. The molecule has 1 aromatic heterocycles. The van der Waals surface area contributed by atoms with Gasteiger partial charge in [-0.2, -0.15) is 5.10 Å². The van der Waals surface area contributed by atoms with Gasteiger partial charge in [-0.15, -0.1) is 0 Å². The SMILES string of the molecule is CC(C)(C)Oc1ccc(-c2cc(N)n[nH]2)cc1. The van der Waals surface area contributed by atoms with Gasteiger partial charge in [-0.25, -0.2) is 0 Å². The molecular formula is C13H17N3O. The summed E-state index contributed by atoms with van der Waals surface area (Å²) in [5.41, 5.74) is 7.33. The second-order valence-electron chi connectivity index (χ2n) is 4.95. The first-order valence-electron chi connectivity index (χ1n) is 5.54. The summed E-state index contributed by atoms with van der Waals surface area (Å²) in [4.78, 5) is 0. The van der Waals surface area contributed by atoms with E-state index in [-0.39, 0.29) is 5.60 Å². The smallest absolute Gasteiger partial charge is 0.145 e. The van der Waals surface area contributed by atoms with Crippen LogP contribution in [0, 0.1) is 0 Å². The first kappa shape index (κ1) is 11.5. The third-order valence-electron chi connectivity index (χ3n) is 2.19. The molecule has 0 aliphatic carbocycles. The van der Waals surface area contributed by atoms with Crippen molar-refractivity contribution in [3.8, 4) is 17.0 Å². The van der Waals surface area contributed by atoms with E-state index in [1.54, 1.807) is 6.07 Å². The summed E-state index contributed by atoms with van der Waals surface area (Å²) < 4.78 is 5.75. The predicted octanol–water partition coefficient (Wildman–Crippen LogP) is 2.84. The maximum atomic E-state index is 5.75. The Hall–Kier alpha value is -1.97. The Morgan fingerprint density at radius 1 is 1.18 bits per heavy atom. The lowest BCUT2D eigenvalue weighted by molar-refractivity contribution is 0.131. The molecule has 0 aliphatic rings. The number of aromatic nitrogens is 2. The van der Waals surface area contributed by atoms with Crippen molar-refractivity contribution in [2.75, 3.05) is 5.73 Å². The van der Waals surface area contributed by atoms with Crippen LogP contribution >= 0.6 is 0 Å². The molecule has 0 amide bonds. The molecule has 1 heterocycles. The number of nitrogens with two attached hydrogens (primary N) is 1. The quantitative estimate of drug-likeness (QED) is 0.835. The van der Waals surface area contributed by atoms with Crippen molar-refractivity contribution in [3.63, 3.8) is 0 Å². The van der Waals surface area contributed by atoms with Gasteiger partial charge in [0.15, 0.2) is 0 Å². The van der Waals surface area contributed by atoms with Crippen molar-refractivity contribution >= 4 is 5.82 Å². The third kappa shape index (κ3) is 3.00. The Bertz CT molecular complexity index is 494. The van der Waals surface area contributed by atoms with Crippen LogP contribution in [-0.2, 0) is 0 Å². The highest BCUT2D eigenvalue weighted by Gasteiger charge is 2.11. The van der Waals surface area contributed by atoms with Crippen molar-refractivity contribution in [2.45, 2.75) is 26.4 Å². The Morgan fingerprint density at radius 2 is 1.82 bits per heavy atom. The lowest BCUT2D eigenvalue weighted by atomic mass is 10.1. The van der Waals surface area contributed by atoms with E-state index in [1.165, 1.54) is 0 Å². The van der Waals surface area contributed by atoms with Crippen molar-refractivity contribution in [1.29, 1.82) is 0 Å². The molecular weight excluding hydrogens is 214 g/mol. The molecule has 0 bridgehead atoms. The zero-order valence-electron chi connectivity index (χ0n) is 10.3. The molecule has 0 spiro atoms. The van der Waals surface area contributed by atoms with E-state index in [0.29, 0.717) is 5.82 Å². The van der Waals surface area contributed by atoms with Crippen molar-refractivity contribution in [2.24, 2.45) is 0 Å². The second kappa shape index (κ2) is 4.13. The fourth-order valence-electron chi connectivity index (χ4n) is 1.54. The summed E-state index contributed by atoms with van der Waals surface area (Å²) in [5, 5.41) is 6.77. The van der Waals surface area contributed by atoms with E-state index >= 15 is 0 Å². The van der Waals surface area contributed by atoms with Crippen LogP contribution in [0.4, 0.5) is 5.82 Å². The van der Waals surface area contributed by atoms with Gasteiger partial charge in [-0.1, -0.05) is 0 Å². The van der Waals surface area contributed by atoms with Crippen LogP contribution in [0.25, 0.3) is 11.3 Å². The number of H-pyrrole nitrogens is 1. The van der Waals surface area contributed by atoms with Crippen molar-refractivity contribution in [1.82, 2.24) is 10.2 Å². The molecule has 0 atom stereocenters. The average Bonchev–Trinajstić information content (AvgIpc) is 2.63. The molecule has 1 aromatic carbocycles. The summed E-state index contributed by atoms with van der Waals surface area (Å²) in [5.74, 6) is 1.35. The fraction of sp³-hybridized carbons (Fsp3) is 0.308. The van der Waals surface area contributed by atoms with E-state index in [2.05, 4.69) is 10.2 Å². The first-order valence-corrected chi connectivity index (χ1v) is 5.54. The molecule has 0 aliphatic heterocycles. The number of hydrogen-bond donors (Lipinski definition) is 2. The number of nitrogens with zero attached hydrogens (tertiary/aromatic N) is 1. The molecule has 0 radical (unpaired) electrons. The van der Waals surface area contributed by atoms with Crippen LogP contribution in [0.2, 0.25) is 0 Å². The van der Waals surface area contributed by atoms with E-state index in [9.17, 15) is 0 Å². The molecule has 90 valence electrons. The Kier molecular flexibility index (Phi) is 2.79. The van der Waals surface area contributed by atoms with E-state index in [1.807, 2.05) is 45.0 Å². The number of aromatic amines is 1. The molecule has 0 saturated heterocycles. The zero-order valence-corrected chi connectivity index (χ0v) is 10.3. The lowest BCUT2D eigenvalue weighted by Gasteiger charge is -2.21. The van der Waals surface area contributed by atoms with Crippen LogP contribution in [0.3, 0.4) is 0 Å². The number of nitrogens with one attached hydrogen (secondary N) is 1. The summed E-state index contributed by atoms with van der Waals surface area (Å²) in [6.45, 7) is 6.07. The minimum Gasteiger partial charge on any atom is -0.488 e. The van der Waals surface area contributed by atoms with Gasteiger partial charge >= 0.3 is 0 Å². The van der Waals surface area contributed by atoms with Crippen LogP contribution < -0.4 is 10.5 Å². The van der Waals surface area contributed by atoms with Crippen LogP contribution in [0.1, 0.15) is 20.8 Å². The number of nitrogen functional groups attached to an aromatic ring is 1. The maximum Gasteiger partial charge on any atom is 0.145 e. The van der Waals surface area contributed by atoms with E-state index < -0.39 is 0 Å². The largest absolute Gasteiger partial charge is 0.488 e. The first-order chi connectivity index (χ1) is 7.94. The predicted molar refractivity (Wildman–Crippen MR) is 68.8 cm³/mol. The highest BCUT2D eigenvalue weighted by Crippen LogP contribution is 2.23. The highest BCUT2D eigenvalue weighted by atomic mass is 16.5. The maximum absolute atomic E-state index is 5.75. The number of benzene rings is 1. The summed E-state index contributed by atoms with van der Waals surface area (Å²) >= 11 is 0. The summed E-state index contributed by atoms with van der Waals surface area (Å²) in [6.07, 6.45) is 0. The van der Waals surface area contributed by atoms with Gasteiger partial charge in [0, 0.05) is 6.07 Å². The van der Waals surface area contributed by atoms with Gasteiger partial charge in [0.1, 0.15) is 17.2 Å². The minimum absolute atomic E-state index is 0.181. The van der Waals surface area contributed by atoms with E-state index in [4.69, 9.17) is 10.5 Å². The molecule has 2 aromatic rings. The van der Waals surface area contributed by atoms with Crippen LogP contribution in [-0.4, -0.2) is 15.8 Å². The standard InChI is InChI=1S/C13H17N3O/c1-13(2,3)17-10-6-4-9(5-7-10)11-8-12(14)16-15-11/h4-8H,1-3H3,(H3,14,15,16). The molecule has 0 fully saturated rings. The molecule has 2 rings (SSSR count). The number of anilines is 1. The minimum atomic E-state index is -0.181. The molecule has 17 heavy (non-hydrogen) atoms. The number of hydrogen-bond acceptors (Lipinski definition) is 3. The molecule has 4 nitrogen and oxygen atoms in total. The molecule has 3 N–H and O–H groups in total. The lowest BCUT2D eigenvalue weighted by Crippen LogP contribution is -2.22. The number of rotatable bonds is 2. The molecule has 0 unspecified atom stereocenters. The van der Waals surface area contributed by atoms with Crippen molar-refractivity contribution < 1.29 is 4.74 Å². The van der Waals surface area contributed by atoms with Crippen LogP contribution in [0.5, 0.6) is 5.75 Å². The van der Waals surface area contributed by atoms with Gasteiger partial charge in [0.25, 0.3) is 0 Å². The third-order valence-corrected chi connectivity index (χ3v) is 2.19. The van der Waals surface area contributed by atoms with Crippen molar-refractivity contribution in [3.05, 3.63) is 30.3 Å². The fourth-order valence-corrected chi connectivity index (χ4v) is 1.54.